The number of esters is 1. The second kappa shape index (κ2) is 13.0. The highest BCUT2D eigenvalue weighted by molar-refractivity contribution is 5.79. The smallest absolute Gasteiger partial charge is 0.305 e. The van der Waals surface area contributed by atoms with Crippen LogP contribution in [0.1, 0.15) is 64.7 Å². The van der Waals surface area contributed by atoms with Gasteiger partial charge in [-0.05, 0) is 44.4 Å². The molecule has 1 aliphatic rings. The van der Waals surface area contributed by atoms with E-state index in [-0.39, 0.29) is 5.97 Å². The maximum Gasteiger partial charge on any atom is 0.305 e. The fourth-order valence-corrected chi connectivity index (χ4v) is 3.40. The average Bonchev–Trinajstić information content (AvgIpc) is 3.09. The van der Waals surface area contributed by atoms with Crippen LogP contribution in [0.5, 0.6) is 0 Å². The first-order valence-corrected chi connectivity index (χ1v) is 9.74. The zero-order valence-electron chi connectivity index (χ0n) is 16.4. The molecule has 0 aromatic carbocycles. The molecule has 0 aromatic heterocycles. The second-order valence-electron chi connectivity index (χ2n) is 6.96. The highest BCUT2D eigenvalue weighted by Gasteiger charge is 2.33. The molecule has 0 atom stereocenters. The van der Waals surface area contributed by atoms with Crippen molar-refractivity contribution in [1.29, 1.82) is 0 Å². The second-order valence-corrected chi connectivity index (χ2v) is 6.96. The van der Waals surface area contributed by atoms with Gasteiger partial charge < -0.3 is 20.1 Å². The van der Waals surface area contributed by atoms with Crippen LogP contribution in [0.4, 0.5) is 0 Å². The maximum atomic E-state index is 11.1. The Labute approximate surface area is 153 Å². The molecule has 0 bridgehead atoms. The summed E-state index contributed by atoms with van der Waals surface area (Å²) in [5, 5.41) is 6.74. The van der Waals surface area contributed by atoms with E-state index in [1.54, 1.807) is 7.11 Å². The summed E-state index contributed by atoms with van der Waals surface area (Å²) in [5.41, 5.74) is 0.318. The van der Waals surface area contributed by atoms with Gasteiger partial charge in [0.05, 0.1) is 7.11 Å². The number of aliphatic imine (C=N–C) groups is 1. The first-order valence-electron chi connectivity index (χ1n) is 9.74. The third-order valence-corrected chi connectivity index (χ3v) is 5.00. The van der Waals surface area contributed by atoms with Crippen LogP contribution in [0.15, 0.2) is 4.99 Å². The Kier molecular flexibility index (Phi) is 11.3. The molecule has 6 heteroatoms. The van der Waals surface area contributed by atoms with Crippen molar-refractivity contribution in [3.63, 3.8) is 0 Å². The molecule has 1 aliphatic carbocycles. The lowest BCUT2D eigenvalue weighted by Gasteiger charge is -2.27. The Bertz CT molecular complexity index is 393. The number of rotatable bonds is 12. The zero-order chi connectivity index (χ0) is 18.4. The van der Waals surface area contributed by atoms with Gasteiger partial charge in [-0.3, -0.25) is 9.79 Å². The van der Waals surface area contributed by atoms with Gasteiger partial charge in [-0.25, -0.2) is 0 Å². The van der Waals surface area contributed by atoms with Crippen molar-refractivity contribution < 1.29 is 14.3 Å². The van der Waals surface area contributed by atoms with E-state index in [1.165, 1.54) is 32.8 Å². The van der Waals surface area contributed by atoms with E-state index >= 15 is 0 Å². The van der Waals surface area contributed by atoms with Gasteiger partial charge in [0.15, 0.2) is 5.96 Å². The normalized spacial score (nSPS) is 16.7. The topological polar surface area (TPSA) is 72.0 Å². The quantitative estimate of drug-likeness (QED) is 0.244. The number of carbonyl (C=O) groups excluding carboxylic acids is 1. The molecule has 0 spiro atoms. The Balaban J connectivity index is 2.35. The number of hydrogen-bond acceptors (Lipinski definition) is 4. The third-order valence-electron chi connectivity index (χ3n) is 5.00. The Hall–Kier alpha value is -1.30. The van der Waals surface area contributed by atoms with Crippen molar-refractivity contribution in [1.82, 2.24) is 10.6 Å². The SMILES string of the molecule is CCNC(=NCC1(CCOC)CCCC1)NCCCCCC(=O)OC. The molecule has 2 N–H and O–H groups in total. The summed E-state index contributed by atoms with van der Waals surface area (Å²) in [6.07, 6.45) is 9.65. The highest BCUT2D eigenvalue weighted by Crippen LogP contribution is 2.41. The molecule has 0 aliphatic heterocycles. The first-order chi connectivity index (χ1) is 12.2. The largest absolute Gasteiger partial charge is 0.469 e. The van der Waals surface area contributed by atoms with E-state index in [1.807, 2.05) is 0 Å². The fraction of sp³-hybridized carbons (Fsp3) is 0.895. The Morgan fingerprint density at radius 2 is 1.88 bits per heavy atom. The number of unbranched alkanes of at least 4 members (excludes halogenated alkanes) is 2. The van der Waals surface area contributed by atoms with Crippen LogP contribution < -0.4 is 10.6 Å². The molecule has 0 radical (unpaired) electrons. The molecular weight excluding hydrogens is 318 g/mol. The van der Waals surface area contributed by atoms with E-state index < -0.39 is 0 Å². The number of nitrogens with one attached hydrogen (secondary N) is 2. The van der Waals surface area contributed by atoms with Crippen LogP contribution in [0, 0.1) is 5.41 Å². The van der Waals surface area contributed by atoms with Gasteiger partial charge in [-0.1, -0.05) is 19.3 Å². The molecule has 0 unspecified atom stereocenters. The lowest BCUT2D eigenvalue weighted by molar-refractivity contribution is -0.140. The van der Waals surface area contributed by atoms with E-state index in [0.29, 0.717) is 11.8 Å². The minimum Gasteiger partial charge on any atom is -0.469 e. The number of hydrogen-bond donors (Lipinski definition) is 2. The van der Waals surface area contributed by atoms with E-state index in [9.17, 15) is 4.79 Å². The van der Waals surface area contributed by atoms with Crippen LogP contribution in [0.2, 0.25) is 0 Å². The maximum absolute atomic E-state index is 11.1. The van der Waals surface area contributed by atoms with E-state index in [4.69, 9.17) is 9.73 Å². The van der Waals surface area contributed by atoms with Crippen molar-refractivity contribution in [2.45, 2.75) is 64.7 Å². The number of ether oxygens (including phenoxy) is 2. The van der Waals surface area contributed by atoms with Crippen LogP contribution in [-0.4, -0.2) is 52.4 Å². The minimum absolute atomic E-state index is 0.124. The van der Waals surface area contributed by atoms with Crippen molar-refractivity contribution in [2.75, 3.05) is 40.5 Å². The number of nitrogens with zero attached hydrogens (tertiary/aromatic N) is 1. The summed E-state index contributed by atoms with van der Waals surface area (Å²) < 4.78 is 9.95. The molecule has 1 rings (SSSR count). The third kappa shape index (κ3) is 9.10. The van der Waals surface area contributed by atoms with Crippen molar-refractivity contribution in [2.24, 2.45) is 10.4 Å². The predicted octanol–water partition coefficient (Wildman–Crippen LogP) is 2.87. The number of guanidine groups is 1. The molecule has 1 fully saturated rings. The molecule has 0 aromatic rings. The number of carbonyl (C=O) groups is 1. The number of methoxy groups -OCH3 is 2. The van der Waals surface area contributed by atoms with Crippen molar-refractivity contribution in [3.8, 4) is 0 Å². The summed E-state index contributed by atoms with van der Waals surface area (Å²) >= 11 is 0. The molecule has 146 valence electrons. The average molecular weight is 356 g/mol. The summed E-state index contributed by atoms with van der Waals surface area (Å²) in [6, 6.07) is 0. The fourth-order valence-electron chi connectivity index (χ4n) is 3.40. The molecular formula is C19H37N3O3. The summed E-state index contributed by atoms with van der Waals surface area (Å²) in [6.45, 7) is 5.51. The monoisotopic (exact) mass is 355 g/mol. The van der Waals surface area contributed by atoms with Crippen LogP contribution >= 0.6 is 0 Å². The van der Waals surface area contributed by atoms with Gasteiger partial charge in [-0.2, -0.15) is 0 Å². The van der Waals surface area contributed by atoms with Crippen LogP contribution in [-0.2, 0) is 14.3 Å². The summed E-state index contributed by atoms with van der Waals surface area (Å²) in [7, 11) is 3.21. The molecule has 6 nitrogen and oxygen atoms in total. The zero-order valence-corrected chi connectivity index (χ0v) is 16.4. The van der Waals surface area contributed by atoms with Gasteiger partial charge in [0.2, 0.25) is 0 Å². The van der Waals surface area contributed by atoms with Gasteiger partial charge in [-0.15, -0.1) is 0 Å². The van der Waals surface area contributed by atoms with E-state index in [2.05, 4.69) is 22.3 Å². The molecule has 0 heterocycles. The lowest BCUT2D eigenvalue weighted by atomic mass is 9.83. The first kappa shape index (κ1) is 21.7. The Morgan fingerprint density at radius 3 is 2.52 bits per heavy atom. The molecule has 0 saturated heterocycles. The van der Waals surface area contributed by atoms with Crippen LogP contribution in [0.3, 0.4) is 0 Å². The minimum atomic E-state index is -0.124. The van der Waals surface area contributed by atoms with Gasteiger partial charge in [0.25, 0.3) is 0 Å². The van der Waals surface area contributed by atoms with Crippen molar-refractivity contribution in [3.05, 3.63) is 0 Å². The van der Waals surface area contributed by atoms with Crippen LogP contribution in [0.25, 0.3) is 0 Å². The van der Waals surface area contributed by atoms with Gasteiger partial charge in [0.1, 0.15) is 0 Å². The molecule has 0 amide bonds. The summed E-state index contributed by atoms with van der Waals surface area (Å²) in [5.74, 6) is 0.778. The highest BCUT2D eigenvalue weighted by atomic mass is 16.5. The lowest BCUT2D eigenvalue weighted by Crippen LogP contribution is -2.39. The summed E-state index contributed by atoms with van der Waals surface area (Å²) in [4.78, 5) is 15.9. The van der Waals surface area contributed by atoms with Crippen molar-refractivity contribution >= 4 is 11.9 Å². The van der Waals surface area contributed by atoms with Gasteiger partial charge >= 0.3 is 5.97 Å². The standard InChI is InChI=1S/C19H37N3O3/c1-4-20-18(21-14-9-5-6-10-17(23)25-3)22-16-19(13-15-24-2)11-7-8-12-19/h4-16H2,1-3H3,(H2,20,21,22). The molecule has 25 heavy (non-hydrogen) atoms. The molecule has 1 saturated carbocycles. The predicted molar refractivity (Wildman–Crippen MR) is 102 cm³/mol. The van der Waals surface area contributed by atoms with Gasteiger partial charge in [0, 0.05) is 39.8 Å². The van der Waals surface area contributed by atoms with E-state index in [0.717, 1.165) is 57.9 Å². The Morgan fingerprint density at radius 1 is 1.12 bits per heavy atom.